The van der Waals surface area contributed by atoms with E-state index in [-0.39, 0.29) is 29.8 Å². The molecule has 3 rings (SSSR count). The van der Waals surface area contributed by atoms with Crippen LogP contribution in [-0.2, 0) is 16.1 Å². The second-order valence-electron chi connectivity index (χ2n) is 7.95. The second-order valence-corrected chi connectivity index (χ2v) is 7.95. The van der Waals surface area contributed by atoms with Gasteiger partial charge in [0.15, 0.2) is 0 Å². The lowest BCUT2D eigenvalue weighted by molar-refractivity contribution is -0.170. The van der Waals surface area contributed by atoms with Crippen molar-refractivity contribution in [3.63, 3.8) is 0 Å². The Kier molecular flexibility index (Phi) is 7.33. The Hall–Kier alpha value is -2.08. The lowest BCUT2D eigenvalue weighted by Crippen LogP contribution is -2.75. The number of benzene rings is 2. The van der Waals surface area contributed by atoms with Crippen LogP contribution in [0.3, 0.4) is 0 Å². The zero-order valence-electron chi connectivity index (χ0n) is 17.5. The summed E-state index contributed by atoms with van der Waals surface area (Å²) in [5.74, 6) is 0.719. The van der Waals surface area contributed by atoms with E-state index >= 15 is 0 Å². The molecular formula is C23H31ClN2O3. The Morgan fingerprint density at radius 1 is 1.10 bits per heavy atom. The number of amides is 1. The monoisotopic (exact) mass is 418 g/mol. The highest BCUT2D eigenvalue weighted by atomic mass is 35.5. The Morgan fingerprint density at radius 3 is 2.14 bits per heavy atom. The van der Waals surface area contributed by atoms with Crippen molar-refractivity contribution in [3.8, 4) is 16.9 Å². The number of hydrogen-bond donors (Lipinski definition) is 2. The van der Waals surface area contributed by atoms with Gasteiger partial charge in [0.1, 0.15) is 11.3 Å². The maximum atomic E-state index is 12.7. The number of ether oxygens (including phenoxy) is 2. The van der Waals surface area contributed by atoms with Gasteiger partial charge in [0.25, 0.3) is 0 Å². The minimum Gasteiger partial charge on any atom is -0.497 e. The molecule has 1 saturated carbocycles. The average molecular weight is 419 g/mol. The van der Waals surface area contributed by atoms with E-state index in [1.807, 2.05) is 57.2 Å². The molecule has 1 aliphatic rings. The third kappa shape index (κ3) is 4.42. The first kappa shape index (κ1) is 23.2. The van der Waals surface area contributed by atoms with E-state index in [9.17, 15) is 4.79 Å². The van der Waals surface area contributed by atoms with E-state index in [4.69, 9.17) is 15.2 Å². The lowest BCUT2D eigenvalue weighted by atomic mass is 9.54. The molecule has 0 saturated heterocycles. The van der Waals surface area contributed by atoms with E-state index < -0.39 is 5.54 Å². The Bertz CT molecular complexity index is 821. The summed E-state index contributed by atoms with van der Waals surface area (Å²) in [6.45, 7) is 7.05. The molecule has 0 bridgehead atoms. The van der Waals surface area contributed by atoms with Gasteiger partial charge in [-0.3, -0.25) is 4.79 Å². The normalized spacial score (nSPS) is 22.2. The molecule has 0 radical (unpaired) electrons. The van der Waals surface area contributed by atoms with Crippen molar-refractivity contribution >= 4 is 18.3 Å². The molecule has 5 nitrogen and oxygen atoms in total. The zero-order valence-corrected chi connectivity index (χ0v) is 18.3. The molecule has 6 heteroatoms. The Morgan fingerprint density at radius 2 is 1.66 bits per heavy atom. The number of nitrogens with two attached hydrogens (primary N) is 1. The summed E-state index contributed by atoms with van der Waals surface area (Å²) in [4.78, 5) is 12.7. The van der Waals surface area contributed by atoms with Crippen LogP contribution in [0.4, 0.5) is 0 Å². The van der Waals surface area contributed by atoms with Gasteiger partial charge in [0.2, 0.25) is 5.91 Å². The predicted molar refractivity (Wildman–Crippen MR) is 118 cm³/mol. The Balaban J connectivity index is 0.00000300. The molecule has 0 aromatic heterocycles. The summed E-state index contributed by atoms with van der Waals surface area (Å²) in [6, 6.07) is 16.1. The first-order valence-electron chi connectivity index (χ1n) is 9.74. The molecule has 2 atom stereocenters. The highest BCUT2D eigenvalue weighted by molar-refractivity contribution is 5.88. The summed E-state index contributed by atoms with van der Waals surface area (Å²) >= 11 is 0. The molecule has 29 heavy (non-hydrogen) atoms. The van der Waals surface area contributed by atoms with Gasteiger partial charge in [-0.15, -0.1) is 12.4 Å². The molecule has 0 spiro atoms. The van der Waals surface area contributed by atoms with E-state index in [1.165, 1.54) is 0 Å². The van der Waals surface area contributed by atoms with Crippen LogP contribution in [0, 0.1) is 5.41 Å². The summed E-state index contributed by atoms with van der Waals surface area (Å²) < 4.78 is 10.9. The minimum absolute atomic E-state index is 0. The van der Waals surface area contributed by atoms with Gasteiger partial charge < -0.3 is 20.5 Å². The molecule has 2 aromatic rings. The van der Waals surface area contributed by atoms with Gasteiger partial charge in [-0.05, 0) is 35.7 Å². The van der Waals surface area contributed by atoms with Gasteiger partial charge in [-0.2, -0.15) is 0 Å². The van der Waals surface area contributed by atoms with Crippen LogP contribution in [-0.4, -0.2) is 31.3 Å². The number of hydrogen-bond acceptors (Lipinski definition) is 4. The van der Waals surface area contributed by atoms with Crippen LogP contribution in [0.1, 0.15) is 32.8 Å². The van der Waals surface area contributed by atoms with Crippen molar-refractivity contribution in [2.75, 3.05) is 13.7 Å². The van der Waals surface area contributed by atoms with Crippen molar-refractivity contribution in [3.05, 3.63) is 54.1 Å². The van der Waals surface area contributed by atoms with Crippen molar-refractivity contribution in [2.24, 2.45) is 11.1 Å². The largest absolute Gasteiger partial charge is 0.497 e. The minimum atomic E-state index is -0.893. The third-order valence-electron chi connectivity index (χ3n) is 6.07. The maximum Gasteiger partial charge on any atom is 0.241 e. The van der Waals surface area contributed by atoms with Crippen LogP contribution in [0.5, 0.6) is 5.75 Å². The van der Waals surface area contributed by atoms with E-state index in [0.717, 1.165) is 22.4 Å². The summed E-state index contributed by atoms with van der Waals surface area (Å²) in [5.41, 5.74) is 8.43. The van der Waals surface area contributed by atoms with Gasteiger partial charge in [-0.25, -0.2) is 0 Å². The molecule has 1 aliphatic carbocycles. The number of methoxy groups -OCH3 is 1. The first-order chi connectivity index (χ1) is 13.3. The van der Waals surface area contributed by atoms with Crippen molar-refractivity contribution in [1.29, 1.82) is 0 Å². The molecule has 0 heterocycles. The van der Waals surface area contributed by atoms with Crippen molar-refractivity contribution in [1.82, 2.24) is 5.32 Å². The van der Waals surface area contributed by atoms with Crippen LogP contribution in [0.15, 0.2) is 48.5 Å². The molecule has 158 valence electrons. The molecule has 1 fully saturated rings. The summed E-state index contributed by atoms with van der Waals surface area (Å²) in [5, 5.41) is 3.00. The average Bonchev–Trinajstić information content (AvgIpc) is 2.72. The number of nitrogens with one attached hydrogen (secondary N) is 1. The topological polar surface area (TPSA) is 73.6 Å². The van der Waals surface area contributed by atoms with Crippen molar-refractivity contribution < 1.29 is 14.3 Å². The number of halogens is 1. The highest BCUT2D eigenvalue weighted by Crippen LogP contribution is 2.49. The third-order valence-corrected chi connectivity index (χ3v) is 6.07. The van der Waals surface area contributed by atoms with E-state index in [1.54, 1.807) is 7.11 Å². The Labute approximate surface area is 179 Å². The van der Waals surface area contributed by atoms with Crippen LogP contribution < -0.4 is 15.8 Å². The van der Waals surface area contributed by atoms with Crippen molar-refractivity contribution in [2.45, 2.75) is 45.4 Å². The molecule has 2 unspecified atom stereocenters. The standard InChI is InChI=1S/C23H30N2O3.ClH/c1-5-28-20-14-23(24,22(20,2)3)21(26)25-15-16-6-8-17(9-7-16)18-10-12-19(27-4)13-11-18;/h6-13,20H,5,14-15,24H2,1-4H3,(H,25,26);1H. The fourth-order valence-electron chi connectivity index (χ4n) is 3.76. The number of carbonyl (C=O) groups is 1. The second kappa shape index (κ2) is 9.16. The molecule has 3 N–H and O–H groups in total. The molecule has 0 aliphatic heterocycles. The lowest BCUT2D eigenvalue weighted by Gasteiger charge is -2.57. The zero-order chi connectivity index (χ0) is 20.4. The molecular weight excluding hydrogens is 388 g/mol. The van der Waals surface area contributed by atoms with E-state index in [2.05, 4.69) is 17.4 Å². The summed E-state index contributed by atoms with van der Waals surface area (Å²) in [6.07, 6.45) is 0.577. The SMILES string of the molecule is CCOC1CC(N)(C(=O)NCc2ccc(-c3ccc(OC)cc3)cc2)C1(C)C.Cl. The summed E-state index contributed by atoms with van der Waals surface area (Å²) in [7, 11) is 1.66. The van der Waals surface area contributed by atoms with Gasteiger partial charge >= 0.3 is 0 Å². The molecule has 2 aromatic carbocycles. The van der Waals surface area contributed by atoms with E-state index in [0.29, 0.717) is 19.6 Å². The fourth-order valence-corrected chi connectivity index (χ4v) is 3.76. The van der Waals surface area contributed by atoms with Crippen LogP contribution in [0.25, 0.3) is 11.1 Å². The highest BCUT2D eigenvalue weighted by Gasteiger charge is 2.62. The fraction of sp³-hybridized carbons (Fsp3) is 0.435. The quantitative estimate of drug-likeness (QED) is 0.714. The van der Waals surface area contributed by atoms with Gasteiger partial charge in [0.05, 0.1) is 13.2 Å². The maximum absolute atomic E-state index is 12.7. The number of rotatable bonds is 7. The molecule has 1 amide bonds. The van der Waals surface area contributed by atoms with Crippen LogP contribution in [0.2, 0.25) is 0 Å². The first-order valence-corrected chi connectivity index (χ1v) is 9.74. The smallest absolute Gasteiger partial charge is 0.241 e. The van der Waals surface area contributed by atoms with Gasteiger partial charge in [0, 0.05) is 25.0 Å². The van der Waals surface area contributed by atoms with Gasteiger partial charge in [-0.1, -0.05) is 50.2 Å². The predicted octanol–water partition coefficient (Wildman–Crippen LogP) is 3.93. The number of carbonyl (C=O) groups excluding carboxylic acids is 1. The van der Waals surface area contributed by atoms with Crippen LogP contribution >= 0.6 is 12.4 Å².